The lowest BCUT2D eigenvalue weighted by molar-refractivity contribution is -0.117. The summed E-state index contributed by atoms with van der Waals surface area (Å²) in [5, 5.41) is 0. The second-order valence-electron chi connectivity index (χ2n) is 1.75. The molecule has 0 heterocycles. The van der Waals surface area contributed by atoms with Gasteiger partial charge in [-0.2, -0.15) is 13.2 Å². The van der Waals surface area contributed by atoms with Gasteiger partial charge in [0.25, 0.3) is 0 Å². The molecule has 0 aliphatic heterocycles. The topological polar surface area (TPSA) is 17.1 Å². The predicted octanol–water partition coefficient (Wildman–Crippen LogP) is 2.43. The van der Waals surface area contributed by atoms with Crippen molar-refractivity contribution in [2.24, 2.45) is 0 Å². The summed E-state index contributed by atoms with van der Waals surface area (Å²) in [7, 11) is 0. The number of Topliss-reactive ketones (excluding diaryl/α,β-unsaturated/α-hetero) is 1. The fourth-order valence-electron chi connectivity index (χ4n) is 0.442. The molecule has 0 fully saturated rings. The van der Waals surface area contributed by atoms with Gasteiger partial charge in [-0.1, -0.05) is 6.92 Å². The van der Waals surface area contributed by atoms with Crippen LogP contribution in [0.5, 0.6) is 0 Å². The SMILES string of the molecule is CCCC(=O)C(F)=C(F)F. The summed E-state index contributed by atoms with van der Waals surface area (Å²) >= 11 is 0. The highest BCUT2D eigenvalue weighted by Gasteiger charge is 2.13. The summed E-state index contributed by atoms with van der Waals surface area (Å²) in [5.74, 6) is -3.02. The molecule has 0 N–H and O–H groups in total. The number of halogens is 3. The van der Waals surface area contributed by atoms with E-state index in [1.54, 1.807) is 6.92 Å². The maximum atomic E-state index is 11.9. The van der Waals surface area contributed by atoms with Gasteiger partial charge in [0.1, 0.15) is 0 Å². The molecule has 0 bridgehead atoms. The third kappa shape index (κ3) is 2.66. The van der Waals surface area contributed by atoms with Gasteiger partial charge in [0.05, 0.1) is 0 Å². The minimum Gasteiger partial charge on any atom is -0.291 e. The fraction of sp³-hybridized carbons (Fsp3) is 0.500. The summed E-state index contributed by atoms with van der Waals surface area (Å²) in [5.41, 5.74) is 0. The summed E-state index contributed by atoms with van der Waals surface area (Å²) in [6, 6.07) is 0. The molecule has 0 aromatic carbocycles. The van der Waals surface area contributed by atoms with Crippen LogP contribution in [0.1, 0.15) is 19.8 Å². The Morgan fingerprint density at radius 1 is 1.30 bits per heavy atom. The average Bonchev–Trinajstić information content (AvgIpc) is 1.87. The molecule has 0 aromatic rings. The van der Waals surface area contributed by atoms with Crippen molar-refractivity contribution < 1.29 is 18.0 Å². The number of allylic oxidation sites excluding steroid dienone is 1. The zero-order valence-corrected chi connectivity index (χ0v) is 5.46. The maximum Gasteiger partial charge on any atom is 0.309 e. The van der Waals surface area contributed by atoms with Crippen molar-refractivity contribution >= 4 is 5.78 Å². The first-order valence-electron chi connectivity index (χ1n) is 2.83. The number of carbonyl (C=O) groups excluding carboxylic acids is 1. The van der Waals surface area contributed by atoms with Crippen LogP contribution in [0.4, 0.5) is 13.2 Å². The zero-order chi connectivity index (χ0) is 8.15. The van der Waals surface area contributed by atoms with Crippen LogP contribution in [0, 0.1) is 0 Å². The van der Waals surface area contributed by atoms with E-state index in [1.807, 2.05) is 0 Å². The van der Waals surface area contributed by atoms with Gasteiger partial charge < -0.3 is 0 Å². The molecule has 1 nitrogen and oxygen atoms in total. The third-order valence-corrected chi connectivity index (χ3v) is 0.888. The van der Waals surface area contributed by atoms with E-state index in [2.05, 4.69) is 0 Å². The smallest absolute Gasteiger partial charge is 0.291 e. The summed E-state index contributed by atoms with van der Waals surface area (Å²) in [4.78, 5) is 10.3. The lowest BCUT2D eigenvalue weighted by Gasteiger charge is -1.90. The number of hydrogen-bond donors (Lipinski definition) is 0. The van der Waals surface area contributed by atoms with Crippen LogP contribution in [-0.2, 0) is 4.79 Å². The molecule has 4 heteroatoms. The van der Waals surface area contributed by atoms with Gasteiger partial charge >= 0.3 is 6.08 Å². The van der Waals surface area contributed by atoms with E-state index in [0.29, 0.717) is 6.42 Å². The Balaban J connectivity index is 4.09. The lowest BCUT2D eigenvalue weighted by atomic mass is 10.2. The van der Waals surface area contributed by atoms with Gasteiger partial charge in [-0.3, -0.25) is 4.79 Å². The fourth-order valence-corrected chi connectivity index (χ4v) is 0.442. The van der Waals surface area contributed by atoms with Crippen LogP contribution in [0.2, 0.25) is 0 Å². The predicted molar refractivity (Wildman–Crippen MR) is 30.3 cm³/mol. The molecule has 10 heavy (non-hydrogen) atoms. The highest BCUT2D eigenvalue weighted by atomic mass is 19.3. The summed E-state index contributed by atoms with van der Waals surface area (Å²) in [6.07, 6.45) is -2.32. The van der Waals surface area contributed by atoms with E-state index in [1.165, 1.54) is 0 Å². The zero-order valence-electron chi connectivity index (χ0n) is 5.46. The number of rotatable bonds is 3. The van der Waals surface area contributed by atoms with Crippen LogP contribution in [0.3, 0.4) is 0 Å². The molecule has 0 saturated heterocycles. The van der Waals surface area contributed by atoms with Crippen molar-refractivity contribution in [1.82, 2.24) is 0 Å². The molecular formula is C6H7F3O. The molecule has 0 radical (unpaired) electrons. The quantitative estimate of drug-likeness (QED) is 0.567. The van der Waals surface area contributed by atoms with Gasteiger partial charge in [-0.05, 0) is 6.42 Å². The number of ketones is 1. The first kappa shape index (κ1) is 9.20. The lowest BCUT2D eigenvalue weighted by Crippen LogP contribution is -1.97. The summed E-state index contributed by atoms with van der Waals surface area (Å²) in [6.45, 7) is 1.61. The first-order valence-corrected chi connectivity index (χ1v) is 2.83. The Hall–Kier alpha value is -0.800. The second kappa shape index (κ2) is 4.09. The van der Waals surface area contributed by atoms with Gasteiger partial charge in [0, 0.05) is 6.42 Å². The summed E-state index contributed by atoms with van der Waals surface area (Å²) < 4.78 is 34.5. The number of hydrogen-bond acceptors (Lipinski definition) is 1. The molecule has 0 aromatic heterocycles. The van der Waals surface area contributed by atoms with Crippen LogP contribution in [-0.4, -0.2) is 5.78 Å². The van der Waals surface area contributed by atoms with E-state index < -0.39 is 17.7 Å². The molecule has 0 aliphatic carbocycles. The normalized spacial score (nSPS) is 9.20. The van der Waals surface area contributed by atoms with Crippen molar-refractivity contribution in [1.29, 1.82) is 0 Å². The van der Waals surface area contributed by atoms with Crippen molar-refractivity contribution in [3.05, 3.63) is 11.9 Å². The molecule has 58 valence electrons. The van der Waals surface area contributed by atoms with E-state index in [0.717, 1.165) is 0 Å². The Labute approximate surface area is 56.5 Å². The van der Waals surface area contributed by atoms with Crippen molar-refractivity contribution in [2.75, 3.05) is 0 Å². The maximum absolute atomic E-state index is 11.9. The Kier molecular flexibility index (Phi) is 3.76. The van der Waals surface area contributed by atoms with Gasteiger partial charge in [0.2, 0.25) is 5.83 Å². The van der Waals surface area contributed by atoms with E-state index >= 15 is 0 Å². The van der Waals surface area contributed by atoms with Gasteiger partial charge in [-0.25, -0.2) is 0 Å². The van der Waals surface area contributed by atoms with E-state index in [-0.39, 0.29) is 6.42 Å². The van der Waals surface area contributed by atoms with Gasteiger partial charge in [-0.15, -0.1) is 0 Å². The Morgan fingerprint density at radius 2 is 1.80 bits per heavy atom. The first-order chi connectivity index (χ1) is 4.59. The second-order valence-corrected chi connectivity index (χ2v) is 1.75. The van der Waals surface area contributed by atoms with Crippen molar-refractivity contribution in [3.8, 4) is 0 Å². The van der Waals surface area contributed by atoms with E-state index in [9.17, 15) is 18.0 Å². The highest BCUT2D eigenvalue weighted by Crippen LogP contribution is 2.12. The minimum atomic E-state index is -2.53. The Morgan fingerprint density at radius 3 is 2.10 bits per heavy atom. The van der Waals surface area contributed by atoms with Crippen LogP contribution in [0.25, 0.3) is 0 Å². The van der Waals surface area contributed by atoms with Crippen molar-refractivity contribution in [2.45, 2.75) is 19.8 Å². The van der Waals surface area contributed by atoms with Crippen LogP contribution in [0.15, 0.2) is 11.9 Å². The Bertz CT molecular complexity index is 158. The van der Waals surface area contributed by atoms with Crippen molar-refractivity contribution in [3.63, 3.8) is 0 Å². The monoisotopic (exact) mass is 152 g/mol. The minimum absolute atomic E-state index is 0.164. The molecule has 0 rings (SSSR count). The highest BCUT2D eigenvalue weighted by molar-refractivity contribution is 5.93. The van der Waals surface area contributed by atoms with E-state index in [4.69, 9.17) is 0 Å². The third-order valence-electron chi connectivity index (χ3n) is 0.888. The molecule has 0 atom stereocenters. The molecule has 0 aliphatic rings. The molecular weight excluding hydrogens is 145 g/mol. The van der Waals surface area contributed by atoms with Crippen LogP contribution < -0.4 is 0 Å². The largest absolute Gasteiger partial charge is 0.309 e. The average molecular weight is 152 g/mol. The molecule has 0 saturated carbocycles. The number of carbonyl (C=O) groups is 1. The molecule has 0 unspecified atom stereocenters. The standard InChI is InChI=1S/C6H7F3O/c1-2-3-4(10)5(7)6(8)9/h2-3H2,1H3. The van der Waals surface area contributed by atoms with Crippen LogP contribution >= 0.6 is 0 Å². The van der Waals surface area contributed by atoms with Gasteiger partial charge in [0.15, 0.2) is 5.78 Å². The molecule has 0 amide bonds. The molecule has 0 spiro atoms.